The van der Waals surface area contributed by atoms with Crippen LogP contribution >= 0.6 is 23.4 Å². The Hall–Kier alpha value is -1.89. The Morgan fingerprint density at radius 3 is 2.50 bits per heavy atom. The van der Waals surface area contributed by atoms with Crippen LogP contribution in [0.5, 0.6) is 5.75 Å². The maximum Gasteiger partial charge on any atom is 0.193 e. The van der Waals surface area contributed by atoms with Crippen molar-refractivity contribution in [2.24, 2.45) is 10.7 Å². The van der Waals surface area contributed by atoms with Crippen LogP contribution in [0.4, 0.5) is 5.69 Å². The maximum absolute atomic E-state index is 6.13. The van der Waals surface area contributed by atoms with Gasteiger partial charge in [0.2, 0.25) is 0 Å². The van der Waals surface area contributed by atoms with E-state index >= 15 is 0 Å². The molecule has 0 aliphatic carbocycles. The van der Waals surface area contributed by atoms with Crippen molar-refractivity contribution < 1.29 is 4.74 Å². The number of hydrogen-bond acceptors (Lipinski definition) is 4. The Balaban J connectivity index is 2.07. The Morgan fingerprint density at radius 2 is 1.96 bits per heavy atom. The Morgan fingerprint density at radius 1 is 1.27 bits per heavy atom. The first kappa shape index (κ1) is 20.4. The highest BCUT2D eigenvalue weighted by molar-refractivity contribution is 7.98. The Labute approximate surface area is 164 Å². The van der Waals surface area contributed by atoms with Gasteiger partial charge in [-0.3, -0.25) is 4.99 Å². The largest absolute Gasteiger partial charge is 0.495 e. The molecule has 0 radical (unpaired) electrons. The van der Waals surface area contributed by atoms with Crippen LogP contribution in [0.2, 0.25) is 5.02 Å². The van der Waals surface area contributed by atoms with Crippen molar-refractivity contribution in [1.29, 1.82) is 0 Å². The number of nitrogens with two attached hydrogens (primary N) is 1. The summed E-state index contributed by atoms with van der Waals surface area (Å²) in [4.78, 5) is 7.87. The molecule has 1 atom stereocenters. The average molecular weight is 393 g/mol. The van der Waals surface area contributed by atoms with Gasteiger partial charge in [-0.2, -0.15) is 0 Å². The molecule has 1 unspecified atom stereocenters. The number of nitrogens with one attached hydrogen (secondary N) is 1. The van der Waals surface area contributed by atoms with Gasteiger partial charge in [-0.05, 0) is 56.2 Å². The third kappa shape index (κ3) is 5.56. The summed E-state index contributed by atoms with van der Waals surface area (Å²) in [6.45, 7) is 0.550. The van der Waals surface area contributed by atoms with Crippen LogP contribution in [0.25, 0.3) is 0 Å². The number of thioether (sulfide) groups is 1. The zero-order chi connectivity index (χ0) is 19.1. The minimum atomic E-state index is 0.144. The van der Waals surface area contributed by atoms with E-state index in [1.807, 2.05) is 20.2 Å². The lowest BCUT2D eigenvalue weighted by molar-refractivity contribution is 0.306. The van der Waals surface area contributed by atoms with E-state index in [1.54, 1.807) is 31.0 Å². The number of nitrogens with zero attached hydrogens (tertiary/aromatic N) is 2. The molecular weight excluding hydrogens is 368 g/mol. The second-order valence-corrected chi connectivity index (χ2v) is 7.24. The highest BCUT2D eigenvalue weighted by Gasteiger charge is 2.14. The van der Waals surface area contributed by atoms with Crippen LogP contribution in [0.3, 0.4) is 0 Å². The van der Waals surface area contributed by atoms with Crippen LogP contribution in [-0.4, -0.2) is 44.9 Å². The van der Waals surface area contributed by atoms with E-state index < -0.39 is 0 Å². The van der Waals surface area contributed by atoms with Crippen molar-refractivity contribution in [3.8, 4) is 5.75 Å². The summed E-state index contributed by atoms with van der Waals surface area (Å²) in [5.41, 5.74) is 8.01. The van der Waals surface area contributed by atoms with Gasteiger partial charge in [0, 0.05) is 10.6 Å². The standard InChI is InChI=1S/C19H25ClN4OS/c1-24(2)17(13-5-8-15(26-4)9-6-13)12-22-19(21)23-14-7-10-18(25-3)16(20)11-14/h5-11,17H,12H2,1-4H3,(H3,21,22,23). The molecule has 0 fully saturated rings. The smallest absolute Gasteiger partial charge is 0.193 e. The molecule has 0 spiro atoms. The third-order valence-corrected chi connectivity index (χ3v) is 5.02. The molecule has 0 saturated heterocycles. The van der Waals surface area contributed by atoms with E-state index in [2.05, 4.69) is 45.7 Å². The first-order valence-corrected chi connectivity index (χ1v) is 9.75. The zero-order valence-corrected chi connectivity index (χ0v) is 17.1. The van der Waals surface area contributed by atoms with Gasteiger partial charge in [-0.15, -0.1) is 11.8 Å². The van der Waals surface area contributed by atoms with E-state index in [9.17, 15) is 0 Å². The average Bonchev–Trinajstić information content (AvgIpc) is 2.62. The van der Waals surface area contributed by atoms with Gasteiger partial charge in [0.25, 0.3) is 0 Å². The van der Waals surface area contributed by atoms with Gasteiger partial charge in [0.1, 0.15) is 5.75 Å². The molecule has 0 aliphatic rings. The summed E-state index contributed by atoms with van der Waals surface area (Å²) in [6, 6.07) is 14.1. The summed E-state index contributed by atoms with van der Waals surface area (Å²) in [5.74, 6) is 0.966. The molecule has 2 aromatic carbocycles. The molecule has 26 heavy (non-hydrogen) atoms. The number of rotatable bonds is 7. The molecule has 0 heterocycles. The number of ether oxygens (including phenoxy) is 1. The fourth-order valence-electron chi connectivity index (χ4n) is 2.51. The van der Waals surface area contributed by atoms with E-state index in [-0.39, 0.29) is 6.04 Å². The lowest BCUT2D eigenvalue weighted by atomic mass is 10.1. The molecule has 0 aliphatic heterocycles. The predicted molar refractivity (Wildman–Crippen MR) is 113 cm³/mol. The topological polar surface area (TPSA) is 62.9 Å². The van der Waals surface area contributed by atoms with Crippen molar-refractivity contribution in [2.75, 3.05) is 39.3 Å². The quantitative estimate of drug-likeness (QED) is 0.422. The second kappa shape index (κ2) is 9.71. The molecule has 0 bridgehead atoms. The van der Waals surface area contributed by atoms with Gasteiger partial charge in [-0.1, -0.05) is 23.7 Å². The number of benzene rings is 2. The SMILES string of the molecule is COc1ccc(NC(N)=NCC(c2ccc(SC)cc2)N(C)C)cc1Cl. The highest BCUT2D eigenvalue weighted by atomic mass is 35.5. The monoisotopic (exact) mass is 392 g/mol. The molecule has 140 valence electrons. The first-order valence-electron chi connectivity index (χ1n) is 8.15. The van der Waals surface area contributed by atoms with E-state index in [4.69, 9.17) is 22.1 Å². The van der Waals surface area contributed by atoms with Gasteiger partial charge in [0.15, 0.2) is 5.96 Å². The Bertz CT molecular complexity index is 750. The van der Waals surface area contributed by atoms with Gasteiger partial charge >= 0.3 is 0 Å². The number of halogens is 1. The van der Waals surface area contributed by atoms with Gasteiger partial charge in [0.05, 0.1) is 24.7 Å². The minimum absolute atomic E-state index is 0.144. The fourth-order valence-corrected chi connectivity index (χ4v) is 3.18. The molecular formula is C19H25ClN4OS. The van der Waals surface area contributed by atoms with Crippen molar-refractivity contribution in [1.82, 2.24) is 4.90 Å². The zero-order valence-electron chi connectivity index (χ0n) is 15.5. The van der Waals surface area contributed by atoms with E-state index in [0.717, 1.165) is 5.69 Å². The lowest BCUT2D eigenvalue weighted by Crippen LogP contribution is -2.27. The van der Waals surface area contributed by atoms with Crippen molar-refractivity contribution in [2.45, 2.75) is 10.9 Å². The number of methoxy groups -OCH3 is 1. The minimum Gasteiger partial charge on any atom is -0.495 e. The van der Waals surface area contributed by atoms with Crippen LogP contribution in [0.15, 0.2) is 52.4 Å². The molecule has 5 nitrogen and oxygen atoms in total. The summed E-state index contributed by atoms with van der Waals surface area (Å²) in [7, 11) is 5.66. The van der Waals surface area contributed by atoms with Crippen molar-refractivity contribution in [3.05, 3.63) is 53.1 Å². The normalized spacial score (nSPS) is 12.9. The number of guanidine groups is 1. The highest BCUT2D eigenvalue weighted by Crippen LogP contribution is 2.27. The fraction of sp³-hybridized carbons (Fsp3) is 0.316. The van der Waals surface area contributed by atoms with Crippen LogP contribution < -0.4 is 15.8 Å². The van der Waals surface area contributed by atoms with Crippen molar-refractivity contribution in [3.63, 3.8) is 0 Å². The molecule has 2 aromatic rings. The summed E-state index contributed by atoms with van der Waals surface area (Å²) in [5, 5.41) is 3.58. The Kier molecular flexibility index (Phi) is 7.63. The lowest BCUT2D eigenvalue weighted by Gasteiger charge is -2.23. The van der Waals surface area contributed by atoms with Crippen LogP contribution in [0.1, 0.15) is 11.6 Å². The van der Waals surface area contributed by atoms with Crippen LogP contribution in [-0.2, 0) is 0 Å². The molecule has 0 saturated carbocycles. The molecule has 7 heteroatoms. The summed E-state index contributed by atoms with van der Waals surface area (Å²) < 4.78 is 5.15. The van der Waals surface area contributed by atoms with Gasteiger partial charge in [-0.25, -0.2) is 0 Å². The number of hydrogen-bond donors (Lipinski definition) is 2. The third-order valence-electron chi connectivity index (χ3n) is 3.98. The molecule has 0 aromatic heterocycles. The number of aliphatic imine (C=N–C) groups is 1. The van der Waals surface area contributed by atoms with Crippen molar-refractivity contribution >= 4 is 35.0 Å². The molecule has 3 N–H and O–H groups in total. The molecule has 0 amide bonds. The maximum atomic E-state index is 6.13. The summed E-state index contributed by atoms with van der Waals surface area (Å²) in [6.07, 6.45) is 2.07. The predicted octanol–water partition coefficient (Wildman–Crippen LogP) is 4.10. The second-order valence-electron chi connectivity index (χ2n) is 5.95. The number of anilines is 1. The van der Waals surface area contributed by atoms with Gasteiger partial charge < -0.3 is 20.7 Å². The van der Waals surface area contributed by atoms with Crippen LogP contribution in [0, 0.1) is 0 Å². The first-order chi connectivity index (χ1) is 12.4. The van der Waals surface area contributed by atoms with E-state index in [1.165, 1.54) is 10.5 Å². The van der Waals surface area contributed by atoms with E-state index in [0.29, 0.717) is 23.3 Å². The summed E-state index contributed by atoms with van der Waals surface area (Å²) >= 11 is 7.86. The number of likely N-dealkylation sites (N-methyl/N-ethyl adjacent to an activating group) is 1. The molecule has 2 rings (SSSR count).